The molecule has 0 spiro atoms. The molecule has 0 aromatic heterocycles. The van der Waals surface area contributed by atoms with Crippen LogP contribution in [0.5, 0.6) is 0 Å². The van der Waals surface area contributed by atoms with Crippen LogP contribution in [0.3, 0.4) is 0 Å². The summed E-state index contributed by atoms with van der Waals surface area (Å²) in [5.41, 5.74) is 0. The minimum atomic E-state index is -4.56. The summed E-state index contributed by atoms with van der Waals surface area (Å²) in [5, 5.41) is 10.7. The van der Waals surface area contributed by atoms with Crippen LogP contribution in [0.1, 0.15) is 219 Å². The van der Waals surface area contributed by atoms with E-state index in [-0.39, 0.29) is 26.0 Å². The Morgan fingerprint density at radius 1 is 0.519 bits per heavy atom. The topological polar surface area (TPSA) is 158 Å². The maximum atomic E-state index is 12.6. The molecule has 12 heteroatoms. The summed E-state index contributed by atoms with van der Waals surface area (Å²) < 4.78 is 32.9. The molecule has 0 bridgehead atoms. The highest BCUT2D eigenvalue weighted by Gasteiger charge is 2.26. The molecule has 0 saturated heterocycles. The molecule has 2 atom stereocenters. The zero-order chi connectivity index (χ0) is 39.8. The SMILES string of the molecule is CCCCCCCCCCCCCCCCCC(=O)OCC(COP(=O)(O)OCCNC(=O)O)OC(=O)CCCCCCCCCCCCCCCCC. The van der Waals surface area contributed by atoms with Crippen molar-refractivity contribution < 1.29 is 47.5 Å². The first-order chi connectivity index (χ1) is 26.2. The largest absolute Gasteiger partial charge is 0.472 e. The van der Waals surface area contributed by atoms with Crippen molar-refractivity contribution in [1.82, 2.24) is 5.32 Å². The average Bonchev–Trinajstić information content (AvgIpc) is 3.14. The van der Waals surface area contributed by atoms with E-state index < -0.39 is 45.2 Å². The average molecular weight is 792 g/mol. The Labute approximate surface area is 329 Å². The molecule has 320 valence electrons. The lowest BCUT2D eigenvalue weighted by Crippen LogP contribution is -2.30. The van der Waals surface area contributed by atoms with Crippen LogP contribution in [0.15, 0.2) is 0 Å². The van der Waals surface area contributed by atoms with Gasteiger partial charge in [-0.2, -0.15) is 0 Å². The van der Waals surface area contributed by atoms with Crippen LogP contribution in [0.2, 0.25) is 0 Å². The van der Waals surface area contributed by atoms with E-state index in [2.05, 4.69) is 13.8 Å². The second kappa shape index (κ2) is 39.6. The van der Waals surface area contributed by atoms with Gasteiger partial charge >= 0.3 is 25.9 Å². The van der Waals surface area contributed by atoms with Crippen LogP contribution in [-0.4, -0.2) is 60.5 Å². The molecular weight excluding hydrogens is 709 g/mol. The van der Waals surface area contributed by atoms with Gasteiger partial charge in [0.05, 0.1) is 13.2 Å². The molecule has 0 fully saturated rings. The van der Waals surface area contributed by atoms with Gasteiger partial charge in [-0.3, -0.25) is 18.6 Å². The summed E-state index contributed by atoms with van der Waals surface area (Å²) in [6.07, 6.45) is 34.9. The Balaban J connectivity index is 4.28. The Morgan fingerprint density at radius 2 is 0.870 bits per heavy atom. The number of esters is 2. The van der Waals surface area contributed by atoms with Gasteiger partial charge in [-0.25, -0.2) is 9.36 Å². The van der Waals surface area contributed by atoms with Gasteiger partial charge in [0.25, 0.3) is 0 Å². The van der Waals surface area contributed by atoms with Crippen molar-refractivity contribution in [3.63, 3.8) is 0 Å². The summed E-state index contributed by atoms with van der Waals surface area (Å²) in [6, 6.07) is 0. The molecule has 11 nitrogen and oxygen atoms in total. The van der Waals surface area contributed by atoms with Gasteiger partial charge in [0, 0.05) is 19.4 Å². The number of phosphoric ester groups is 1. The van der Waals surface area contributed by atoms with Crippen LogP contribution in [0.25, 0.3) is 0 Å². The van der Waals surface area contributed by atoms with Crippen molar-refractivity contribution in [2.75, 3.05) is 26.4 Å². The van der Waals surface area contributed by atoms with Gasteiger partial charge in [0.2, 0.25) is 0 Å². The summed E-state index contributed by atoms with van der Waals surface area (Å²) in [4.78, 5) is 45.6. The Bertz CT molecular complexity index is 922. The van der Waals surface area contributed by atoms with Gasteiger partial charge in [-0.05, 0) is 12.8 Å². The predicted molar refractivity (Wildman–Crippen MR) is 218 cm³/mol. The van der Waals surface area contributed by atoms with E-state index in [1.807, 2.05) is 5.32 Å². The summed E-state index contributed by atoms with van der Waals surface area (Å²) >= 11 is 0. The fourth-order valence-electron chi connectivity index (χ4n) is 6.43. The number of carbonyl (C=O) groups is 3. The molecule has 0 saturated carbocycles. The van der Waals surface area contributed by atoms with Crippen LogP contribution < -0.4 is 5.32 Å². The number of ether oxygens (including phenoxy) is 2. The molecule has 0 aromatic carbocycles. The molecule has 0 rings (SSSR count). The van der Waals surface area contributed by atoms with Gasteiger partial charge in [-0.1, -0.05) is 194 Å². The van der Waals surface area contributed by atoms with Crippen LogP contribution >= 0.6 is 7.82 Å². The monoisotopic (exact) mass is 792 g/mol. The first-order valence-electron chi connectivity index (χ1n) is 22.1. The number of unbranched alkanes of at least 4 members (excludes halogenated alkanes) is 28. The molecule has 0 heterocycles. The summed E-state index contributed by atoms with van der Waals surface area (Å²) in [6.45, 7) is 3.08. The Kier molecular flexibility index (Phi) is 38.3. The zero-order valence-corrected chi connectivity index (χ0v) is 35.5. The molecule has 0 aliphatic rings. The minimum Gasteiger partial charge on any atom is -0.465 e. The van der Waals surface area contributed by atoms with Crippen molar-refractivity contribution in [3.8, 4) is 0 Å². The van der Waals surface area contributed by atoms with Crippen molar-refractivity contribution >= 4 is 25.9 Å². The third kappa shape index (κ3) is 40.0. The van der Waals surface area contributed by atoms with Crippen LogP contribution in [0, 0.1) is 0 Å². The molecule has 0 radical (unpaired) electrons. The third-order valence-electron chi connectivity index (χ3n) is 9.75. The number of hydrogen-bond acceptors (Lipinski definition) is 8. The van der Waals surface area contributed by atoms with E-state index >= 15 is 0 Å². The highest BCUT2D eigenvalue weighted by molar-refractivity contribution is 7.47. The number of phosphoric acid groups is 1. The van der Waals surface area contributed by atoms with Crippen molar-refractivity contribution in [2.24, 2.45) is 0 Å². The van der Waals surface area contributed by atoms with Crippen LogP contribution in [-0.2, 0) is 32.7 Å². The quantitative estimate of drug-likeness (QED) is 0.0309. The second-order valence-electron chi connectivity index (χ2n) is 15.0. The molecule has 3 N–H and O–H groups in total. The minimum absolute atomic E-state index is 0.190. The van der Waals surface area contributed by atoms with Crippen molar-refractivity contribution in [1.29, 1.82) is 0 Å². The molecule has 1 amide bonds. The van der Waals surface area contributed by atoms with Gasteiger partial charge in [0.15, 0.2) is 6.10 Å². The van der Waals surface area contributed by atoms with Gasteiger partial charge < -0.3 is 24.8 Å². The fourth-order valence-corrected chi connectivity index (χ4v) is 7.19. The van der Waals surface area contributed by atoms with Crippen LogP contribution in [0.4, 0.5) is 4.79 Å². The maximum absolute atomic E-state index is 12.6. The third-order valence-corrected chi connectivity index (χ3v) is 10.7. The summed E-state index contributed by atoms with van der Waals surface area (Å²) in [5.74, 6) is -0.910. The highest BCUT2D eigenvalue weighted by Crippen LogP contribution is 2.43. The maximum Gasteiger partial charge on any atom is 0.472 e. The molecular formula is C42H82NO10P. The number of amides is 1. The van der Waals surface area contributed by atoms with Crippen molar-refractivity contribution in [3.05, 3.63) is 0 Å². The lowest BCUT2D eigenvalue weighted by molar-refractivity contribution is -0.161. The Morgan fingerprint density at radius 3 is 1.24 bits per heavy atom. The first kappa shape index (κ1) is 52.3. The second-order valence-corrected chi connectivity index (χ2v) is 16.5. The van der Waals surface area contributed by atoms with E-state index in [9.17, 15) is 23.8 Å². The number of hydrogen-bond donors (Lipinski definition) is 3. The zero-order valence-electron chi connectivity index (χ0n) is 34.6. The molecule has 2 unspecified atom stereocenters. The van der Waals surface area contributed by atoms with E-state index in [4.69, 9.17) is 23.6 Å². The number of carboxylic acid groups (broad SMARTS) is 1. The molecule has 0 aliphatic heterocycles. The molecule has 54 heavy (non-hydrogen) atoms. The van der Waals surface area contributed by atoms with Gasteiger partial charge in [-0.15, -0.1) is 0 Å². The van der Waals surface area contributed by atoms with Crippen molar-refractivity contribution in [2.45, 2.75) is 225 Å². The van der Waals surface area contributed by atoms with E-state index in [1.54, 1.807) is 0 Å². The smallest absolute Gasteiger partial charge is 0.465 e. The lowest BCUT2D eigenvalue weighted by atomic mass is 10.0. The number of carbonyl (C=O) groups excluding carboxylic acids is 2. The number of rotatable bonds is 42. The fraction of sp³-hybridized carbons (Fsp3) is 0.929. The van der Waals surface area contributed by atoms with E-state index in [1.165, 1.54) is 141 Å². The molecule has 0 aromatic rings. The predicted octanol–water partition coefficient (Wildman–Crippen LogP) is 12.4. The number of nitrogens with one attached hydrogen (secondary N) is 1. The highest BCUT2D eigenvalue weighted by atomic mass is 31.2. The molecule has 0 aliphatic carbocycles. The van der Waals surface area contributed by atoms with Gasteiger partial charge in [0.1, 0.15) is 6.61 Å². The normalized spacial score (nSPS) is 13.0. The Hall–Kier alpha value is -1.68. The first-order valence-corrected chi connectivity index (χ1v) is 23.6. The lowest BCUT2D eigenvalue weighted by Gasteiger charge is -2.20. The standard InChI is InChI=1S/C42H82NO10P/c1-3-5-7-9-11-13-15-17-19-21-23-25-27-29-31-33-40(44)50-37-39(38-52-54(48,49)51-36-35-43-42(46)47)53-41(45)34-32-30-28-26-24-22-20-18-16-14-12-10-8-6-4-2/h39,43H,3-38H2,1-2H3,(H,46,47)(H,48,49). The summed E-state index contributed by atoms with van der Waals surface area (Å²) in [7, 11) is -4.56. The van der Waals surface area contributed by atoms with E-state index in [0.29, 0.717) is 12.8 Å². The van der Waals surface area contributed by atoms with E-state index in [0.717, 1.165) is 38.5 Å².